The highest BCUT2D eigenvalue weighted by Crippen LogP contribution is 2.43. The standard InChI is InChI=1S/C21H18N2O5S2/c1-11-18(12-3-6-15(7-4-12)30(22,26)27)20(21(25)28-2)29-19(11)13-5-8-16-14(9-13)10-17(24)23-16/h3-9H,10H2,1-2H3,(H,23,24)(H2,22,26,27). The Morgan fingerprint density at radius 2 is 1.80 bits per heavy atom. The Bertz CT molecular complexity index is 1290. The number of hydrogen-bond acceptors (Lipinski definition) is 6. The molecule has 2 heterocycles. The highest BCUT2D eigenvalue weighted by Gasteiger charge is 2.25. The van der Waals surface area contributed by atoms with Crippen molar-refractivity contribution in [2.75, 3.05) is 12.4 Å². The highest BCUT2D eigenvalue weighted by atomic mass is 32.2. The number of thiophene rings is 1. The summed E-state index contributed by atoms with van der Waals surface area (Å²) >= 11 is 1.30. The minimum Gasteiger partial charge on any atom is -0.465 e. The first-order valence-electron chi connectivity index (χ1n) is 8.97. The number of amides is 1. The van der Waals surface area contributed by atoms with Crippen LogP contribution < -0.4 is 10.5 Å². The highest BCUT2D eigenvalue weighted by molar-refractivity contribution is 7.89. The largest absolute Gasteiger partial charge is 0.465 e. The van der Waals surface area contributed by atoms with Crippen molar-refractivity contribution in [3.63, 3.8) is 0 Å². The van der Waals surface area contributed by atoms with Crippen molar-refractivity contribution in [2.45, 2.75) is 18.2 Å². The Morgan fingerprint density at radius 3 is 2.43 bits per heavy atom. The molecule has 0 saturated carbocycles. The van der Waals surface area contributed by atoms with E-state index in [0.29, 0.717) is 22.4 Å². The quantitative estimate of drug-likeness (QED) is 0.602. The minimum atomic E-state index is -3.81. The van der Waals surface area contributed by atoms with E-state index in [1.54, 1.807) is 12.1 Å². The molecule has 3 N–H and O–H groups in total. The number of primary sulfonamides is 1. The first kappa shape index (κ1) is 20.3. The number of sulfonamides is 1. The zero-order valence-corrected chi connectivity index (χ0v) is 17.8. The molecule has 0 spiro atoms. The molecule has 4 rings (SSSR count). The molecule has 154 valence electrons. The van der Waals surface area contributed by atoms with Gasteiger partial charge in [-0.1, -0.05) is 18.2 Å². The van der Waals surface area contributed by atoms with Crippen molar-refractivity contribution < 1.29 is 22.7 Å². The lowest BCUT2D eigenvalue weighted by molar-refractivity contribution is -0.115. The van der Waals surface area contributed by atoms with Gasteiger partial charge in [0.15, 0.2) is 0 Å². The second-order valence-corrected chi connectivity index (χ2v) is 9.50. The Balaban J connectivity index is 1.86. The number of carbonyl (C=O) groups excluding carboxylic acids is 2. The topological polar surface area (TPSA) is 116 Å². The van der Waals surface area contributed by atoms with Crippen LogP contribution >= 0.6 is 11.3 Å². The van der Waals surface area contributed by atoms with Crippen LogP contribution in [0, 0.1) is 6.92 Å². The number of fused-ring (bicyclic) bond motifs is 1. The van der Waals surface area contributed by atoms with Gasteiger partial charge in [0, 0.05) is 16.1 Å². The van der Waals surface area contributed by atoms with Crippen LogP contribution in [0.3, 0.4) is 0 Å². The number of ether oxygens (including phenoxy) is 1. The van der Waals surface area contributed by atoms with E-state index in [0.717, 1.165) is 27.3 Å². The number of nitrogens with two attached hydrogens (primary N) is 1. The Hall–Kier alpha value is -3.01. The maximum absolute atomic E-state index is 12.5. The Labute approximate surface area is 177 Å². The first-order chi connectivity index (χ1) is 14.2. The summed E-state index contributed by atoms with van der Waals surface area (Å²) in [6, 6.07) is 11.8. The van der Waals surface area contributed by atoms with E-state index < -0.39 is 16.0 Å². The van der Waals surface area contributed by atoms with E-state index in [-0.39, 0.29) is 10.8 Å². The number of methoxy groups -OCH3 is 1. The van der Waals surface area contributed by atoms with Gasteiger partial charge < -0.3 is 10.1 Å². The molecule has 1 aromatic heterocycles. The number of anilines is 1. The smallest absolute Gasteiger partial charge is 0.348 e. The molecule has 2 aromatic carbocycles. The van der Waals surface area contributed by atoms with Gasteiger partial charge in [0.1, 0.15) is 4.88 Å². The van der Waals surface area contributed by atoms with Crippen LogP contribution in [0.1, 0.15) is 20.8 Å². The summed E-state index contributed by atoms with van der Waals surface area (Å²) < 4.78 is 28.1. The van der Waals surface area contributed by atoms with E-state index >= 15 is 0 Å². The molecule has 0 atom stereocenters. The minimum absolute atomic E-state index is 0.00485. The summed E-state index contributed by atoms with van der Waals surface area (Å²) in [5.74, 6) is -0.520. The number of nitrogens with one attached hydrogen (secondary N) is 1. The molecule has 0 unspecified atom stereocenters. The molecule has 0 bridgehead atoms. The summed E-state index contributed by atoms with van der Waals surface area (Å²) in [7, 11) is -2.50. The third-order valence-electron chi connectivity index (χ3n) is 4.98. The number of esters is 1. The van der Waals surface area contributed by atoms with Crippen LogP contribution in [-0.2, 0) is 26.0 Å². The van der Waals surface area contributed by atoms with Gasteiger partial charge in [-0.15, -0.1) is 11.3 Å². The lowest BCUT2D eigenvalue weighted by Crippen LogP contribution is -2.11. The molecule has 1 aliphatic rings. The van der Waals surface area contributed by atoms with Crippen LogP contribution in [-0.4, -0.2) is 27.4 Å². The molecule has 0 aliphatic carbocycles. The van der Waals surface area contributed by atoms with Gasteiger partial charge in [-0.05, 0) is 53.4 Å². The summed E-state index contributed by atoms with van der Waals surface area (Å²) in [4.78, 5) is 25.4. The van der Waals surface area contributed by atoms with E-state index in [1.165, 1.54) is 30.6 Å². The predicted molar refractivity (Wildman–Crippen MR) is 115 cm³/mol. The third kappa shape index (κ3) is 3.51. The van der Waals surface area contributed by atoms with Crippen molar-refractivity contribution in [1.29, 1.82) is 0 Å². The molecule has 30 heavy (non-hydrogen) atoms. The zero-order chi connectivity index (χ0) is 21.6. The van der Waals surface area contributed by atoms with E-state index in [1.807, 2.05) is 25.1 Å². The van der Waals surface area contributed by atoms with Gasteiger partial charge in [0.05, 0.1) is 18.4 Å². The fourth-order valence-electron chi connectivity index (χ4n) is 3.55. The van der Waals surface area contributed by atoms with Crippen molar-refractivity contribution >= 4 is 38.9 Å². The first-order valence-corrected chi connectivity index (χ1v) is 11.3. The molecule has 0 radical (unpaired) electrons. The van der Waals surface area contributed by atoms with E-state index in [2.05, 4.69) is 5.32 Å². The van der Waals surface area contributed by atoms with E-state index in [4.69, 9.17) is 9.88 Å². The Morgan fingerprint density at radius 1 is 1.13 bits per heavy atom. The fourth-order valence-corrected chi connectivity index (χ4v) is 5.31. The summed E-state index contributed by atoms with van der Waals surface area (Å²) in [6.07, 6.45) is 0.319. The monoisotopic (exact) mass is 442 g/mol. The van der Waals surface area contributed by atoms with Crippen LogP contribution in [0.5, 0.6) is 0 Å². The van der Waals surface area contributed by atoms with Gasteiger partial charge >= 0.3 is 5.97 Å². The molecule has 9 heteroatoms. The van der Waals surface area contributed by atoms with Crippen molar-refractivity contribution in [1.82, 2.24) is 0 Å². The predicted octanol–water partition coefficient (Wildman–Crippen LogP) is 3.32. The summed E-state index contributed by atoms with van der Waals surface area (Å²) in [5, 5.41) is 7.99. The number of hydrogen-bond donors (Lipinski definition) is 2. The second-order valence-electron chi connectivity index (χ2n) is 6.92. The van der Waals surface area contributed by atoms with Crippen LogP contribution in [0.2, 0.25) is 0 Å². The van der Waals surface area contributed by atoms with Crippen molar-refractivity contribution in [3.8, 4) is 21.6 Å². The maximum Gasteiger partial charge on any atom is 0.348 e. The molecule has 7 nitrogen and oxygen atoms in total. The SMILES string of the molecule is COC(=O)c1sc(-c2ccc3c(c2)CC(=O)N3)c(C)c1-c1ccc(S(N)(=O)=O)cc1. The Kier molecular flexibility index (Phi) is 4.97. The molecule has 3 aromatic rings. The van der Waals surface area contributed by atoms with Gasteiger partial charge in [-0.25, -0.2) is 18.4 Å². The molecule has 0 fully saturated rings. The lowest BCUT2D eigenvalue weighted by Gasteiger charge is -2.07. The van der Waals surface area contributed by atoms with Crippen LogP contribution in [0.15, 0.2) is 47.4 Å². The normalized spacial score (nSPS) is 13.1. The lowest BCUT2D eigenvalue weighted by atomic mass is 9.98. The fraction of sp³-hybridized carbons (Fsp3) is 0.143. The second kappa shape index (κ2) is 7.35. The van der Waals surface area contributed by atoms with Gasteiger partial charge in [0.25, 0.3) is 0 Å². The van der Waals surface area contributed by atoms with Crippen molar-refractivity contribution in [2.24, 2.45) is 5.14 Å². The van der Waals surface area contributed by atoms with Crippen LogP contribution in [0.4, 0.5) is 5.69 Å². The average molecular weight is 443 g/mol. The average Bonchev–Trinajstić information content (AvgIpc) is 3.25. The maximum atomic E-state index is 12.5. The zero-order valence-electron chi connectivity index (χ0n) is 16.2. The van der Waals surface area contributed by atoms with Gasteiger partial charge in [-0.3, -0.25) is 4.79 Å². The van der Waals surface area contributed by atoms with Gasteiger partial charge in [0.2, 0.25) is 15.9 Å². The van der Waals surface area contributed by atoms with Gasteiger partial charge in [-0.2, -0.15) is 0 Å². The molecular formula is C21H18N2O5S2. The third-order valence-corrected chi connectivity index (χ3v) is 7.23. The molecule has 1 amide bonds. The number of benzene rings is 2. The number of rotatable bonds is 4. The van der Waals surface area contributed by atoms with Crippen LogP contribution in [0.25, 0.3) is 21.6 Å². The summed E-state index contributed by atoms with van der Waals surface area (Å²) in [5.41, 5.74) is 4.82. The molecular weight excluding hydrogens is 424 g/mol. The summed E-state index contributed by atoms with van der Waals surface area (Å²) in [6.45, 7) is 1.90. The molecule has 0 saturated heterocycles. The number of carbonyl (C=O) groups is 2. The van der Waals surface area contributed by atoms with Crippen molar-refractivity contribution in [3.05, 3.63) is 58.5 Å². The van der Waals surface area contributed by atoms with E-state index in [9.17, 15) is 18.0 Å². The molecule has 1 aliphatic heterocycles.